The van der Waals surface area contributed by atoms with Crippen LogP contribution in [0.3, 0.4) is 0 Å². The first kappa shape index (κ1) is 83.1. The Labute approximate surface area is 536 Å². The number of carbonyl (C=O) groups excluding carboxylic acids is 2. The van der Waals surface area contributed by atoms with Crippen molar-refractivity contribution >= 4 is 11.9 Å². The van der Waals surface area contributed by atoms with Gasteiger partial charge in [0.05, 0.1) is 6.61 Å². The number of hydrogen-bond donors (Lipinski definition) is 1. The van der Waals surface area contributed by atoms with Crippen molar-refractivity contribution in [1.82, 2.24) is 0 Å². The third-order valence-corrected chi connectivity index (χ3v) is 17.2. The molecule has 5 nitrogen and oxygen atoms in total. The molecule has 1 atom stereocenters. The van der Waals surface area contributed by atoms with Gasteiger partial charge in [-0.1, -0.05) is 381 Å². The second-order valence-electron chi connectivity index (χ2n) is 25.7. The van der Waals surface area contributed by atoms with Gasteiger partial charge in [0.1, 0.15) is 6.61 Å². The average Bonchev–Trinajstić information content (AvgIpc) is 3.55. The Kier molecular flexibility index (Phi) is 73.7. The number of ether oxygens (including phenoxy) is 2. The van der Waals surface area contributed by atoms with E-state index in [-0.39, 0.29) is 25.2 Å². The normalized spacial score (nSPS) is 12.6. The van der Waals surface area contributed by atoms with E-state index in [1.54, 1.807) is 0 Å². The molecule has 0 aromatic heterocycles. The van der Waals surface area contributed by atoms with Gasteiger partial charge in [0.25, 0.3) is 0 Å². The summed E-state index contributed by atoms with van der Waals surface area (Å²) in [5, 5.41) is 9.72. The number of unbranched alkanes of at least 4 members (excludes halogenated alkanes) is 49. The number of aliphatic hydroxyl groups is 1. The van der Waals surface area contributed by atoms with Crippen LogP contribution in [0.15, 0.2) is 85.1 Å². The maximum absolute atomic E-state index is 12.4. The van der Waals surface area contributed by atoms with Gasteiger partial charge in [0, 0.05) is 12.8 Å². The molecular weight excluding hydrogens is 1050 g/mol. The molecule has 1 N–H and O–H groups in total. The third kappa shape index (κ3) is 73.5. The summed E-state index contributed by atoms with van der Waals surface area (Å²) in [5.74, 6) is -0.569. The molecule has 0 bridgehead atoms. The van der Waals surface area contributed by atoms with Crippen LogP contribution in [-0.4, -0.2) is 36.4 Å². The van der Waals surface area contributed by atoms with E-state index in [0.29, 0.717) is 12.8 Å². The number of aliphatic hydroxyl groups excluding tert-OH is 1. The standard InChI is InChI=1S/C81H146O5/c1-3-5-7-9-11-13-15-17-19-21-23-25-27-29-31-33-35-37-38-39-40-41-42-44-46-48-50-52-54-56-58-60-62-64-66-68-70-72-74-76-81(84)86-79(77-82)78-85-80(83)75-73-71-69-67-65-63-61-59-57-55-53-51-49-47-45-43-36-34-32-30-28-26-24-22-20-18-16-14-12-10-8-6-4-2/h5,7,11,13,16-19,22-25,28,30,79,82H,3-4,6,8-10,12,14-15,20-21,26-27,29,31-78H2,1-2H3/b7-5-,13-11-,18-16-,19-17-,24-22-,25-23-,30-28-. The van der Waals surface area contributed by atoms with Crippen molar-refractivity contribution in [1.29, 1.82) is 0 Å². The van der Waals surface area contributed by atoms with Gasteiger partial charge in [0.2, 0.25) is 0 Å². The molecule has 0 radical (unpaired) electrons. The molecule has 86 heavy (non-hydrogen) atoms. The number of esters is 2. The summed E-state index contributed by atoms with van der Waals surface area (Å²) in [7, 11) is 0. The van der Waals surface area contributed by atoms with Crippen LogP contribution in [0.1, 0.15) is 399 Å². The van der Waals surface area contributed by atoms with E-state index in [1.807, 2.05) is 0 Å². The van der Waals surface area contributed by atoms with Crippen molar-refractivity contribution < 1.29 is 24.2 Å². The Balaban J connectivity index is 3.39. The van der Waals surface area contributed by atoms with E-state index >= 15 is 0 Å². The molecule has 0 aliphatic rings. The fourth-order valence-corrected chi connectivity index (χ4v) is 11.5. The zero-order chi connectivity index (χ0) is 61.9. The lowest BCUT2D eigenvalue weighted by atomic mass is 10.0. The fourth-order valence-electron chi connectivity index (χ4n) is 11.5. The quantitative estimate of drug-likeness (QED) is 0.0373. The predicted octanol–water partition coefficient (Wildman–Crippen LogP) is 26.8. The van der Waals surface area contributed by atoms with Crippen LogP contribution in [0.4, 0.5) is 0 Å². The molecule has 0 amide bonds. The van der Waals surface area contributed by atoms with Gasteiger partial charge in [-0.25, -0.2) is 0 Å². The molecule has 0 aliphatic carbocycles. The molecule has 0 rings (SSSR count). The number of allylic oxidation sites excluding steroid dienone is 14. The molecule has 0 saturated carbocycles. The summed E-state index contributed by atoms with van der Waals surface area (Å²) in [5.41, 5.74) is 0. The minimum absolute atomic E-state index is 0.0620. The Hall–Kier alpha value is -2.92. The highest BCUT2D eigenvalue weighted by Crippen LogP contribution is 2.19. The molecule has 0 heterocycles. The Morgan fingerprint density at radius 3 is 0.756 bits per heavy atom. The SMILES string of the molecule is CC/C=C\C/C=C\C/C=C\C/C=C\CCCCCCCCCCCCCCCCCCCCCCCCCCCCC(=O)OC(CO)COC(=O)CCCCCCCCCCCCCCCCCCCC/C=C\C/C=C\C/C=C\CCCCCCC. The average molecular weight is 1200 g/mol. The van der Waals surface area contributed by atoms with Crippen molar-refractivity contribution in [2.75, 3.05) is 13.2 Å². The molecular formula is C81H146O5. The van der Waals surface area contributed by atoms with Crippen molar-refractivity contribution in [3.05, 3.63) is 85.1 Å². The van der Waals surface area contributed by atoms with E-state index in [2.05, 4.69) is 98.9 Å². The Bertz CT molecular complexity index is 1550. The Morgan fingerprint density at radius 1 is 0.279 bits per heavy atom. The molecule has 0 aromatic rings. The molecule has 0 saturated heterocycles. The third-order valence-electron chi connectivity index (χ3n) is 17.2. The monoisotopic (exact) mass is 1200 g/mol. The van der Waals surface area contributed by atoms with Gasteiger partial charge in [-0.2, -0.15) is 0 Å². The minimum atomic E-state index is -0.773. The fraction of sp³-hybridized carbons (Fsp3) is 0.802. The zero-order valence-corrected chi connectivity index (χ0v) is 57.6. The lowest BCUT2D eigenvalue weighted by Gasteiger charge is -2.15. The number of rotatable bonds is 71. The van der Waals surface area contributed by atoms with Gasteiger partial charge < -0.3 is 14.6 Å². The summed E-state index contributed by atoms with van der Waals surface area (Å²) in [6, 6.07) is 0. The highest BCUT2D eigenvalue weighted by atomic mass is 16.6. The molecule has 0 spiro atoms. The highest BCUT2D eigenvalue weighted by Gasteiger charge is 2.16. The largest absolute Gasteiger partial charge is 0.462 e. The second kappa shape index (κ2) is 76.3. The maximum atomic E-state index is 12.4. The lowest BCUT2D eigenvalue weighted by Crippen LogP contribution is -2.28. The number of hydrogen-bond acceptors (Lipinski definition) is 5. The van der Waals surface area contributed by atoms with Crippen LogP contribution in [0.25, 0.3) is 0 Å². The highest BCUT2D eigenvalue weighted by molar-refractivity contribution is 5.70. The van der Waals surface area contributed by atoms with E-state index in [1.165, 1.54) is 295 Å². The summed E-state index contributed by atoms with van der Waals surface area (Å²) in [6.07, 6.45) is 108. The summed E-state index contributed by atoms with van der Waals surface area (Å²) in [4.78, 5) is 24.7. The number of carbonyl (C=O) groups is 2. The first-order valence-corrected chi connectivity index (χ1v) is 38.1. The van der Waals surface area contributed by atoms with Crippen LogP contribution in [0.5, 0.6) is 0 Å². The van der Waals surface area contributed by atoms with Crippen LogP contribution < -0.4 is 0 Å². The van der Waals surface area contributed by atoms with Crippen LogP contribution in [-0.2, 0) is 19.1 Å². The molecule has 0 fully saturated rings. The smallest absolute Gasteiger partial charge is 0.306 e. The van der Waals surface area contributed by atoms with Crippen molar-refractivity contribution in [3.8, 4) is 0 Å². The van der Waals surface area contributed by atoms with E-state index in [4.69, 9.17) is 9.47 Å². The van der Waals surface area contributed by atoms with E-state index < -0.39 is 6.10 Å². The van der Waals surface area contributed by atoms with Crippen molar-refractivity contribution in [2.24, 2.45) is 0 Å². The predicted molar refractivity (Wildman–Crippen MR) is 380 cm³/mol. The van der Waals surface area contributed by atoms with E-state index in [9.17, 15) is 14.7 Å². The van der Waals surface area contributed by atoms with Crippen molar-refractivity contribution in [2.45, 2.75) is 405 Å². The summed E-state index contributed by atoms with van der Waals surface area (Å²) >= 11 is 0. The molecule has 500 valence electrons. The van der Waals surface area contributed by atoms with Gasteiger partial charge in [-0.05, 0) is 89.9 Å². The van der Waals surface area contributed by atoms with Gasteiger partial charge in [0.15, 0.2) is 6.10 Å². The first-order chi connectivity index (χ1) is 42.6. The topological polar surface area (TPSA) is 72.8 Å². The van der Waals surface area contributed by atoms with Crippen LogP contribution in [0.2, 0.25) is 0 Å². The van der Waals surface area contributed by atoms with Gasteiger partial charge in [-0.15, -0.1) is 0 Å². The van der Waals surface area contributed by atoms with Gasteiger partial charge in [-0.3, -0.25) is 9.59 Å². The summed E-state index contributed by atoms with van der Waals surface area (Å²) < 4.78 is 10.8. The first-order valence-electron chi connectivity index (χ1n) is 38.1. The van der Waals surface area contributed by atoms with Crippen LogP contribution in [0, 0.1) is 0 Å². The molecule has 0 aromatic carbocycles. The van der Waals surface area contributed by atoms with Crippen LogP contribution >= 0.6 is 0 Å². The van der Waals surface area contributed by atoms with Gasteiger partial charge >= 0.3 is 11.9 Å². The lowest BCUT2D eigenvalue weighted by molar-refractivity contribution is -0.161. The second-order valence-corrected chi connectivity index (χ2v) is 25.7. The summed E-state index contributed by atoms with van der Waals surface area (Å²) in [6.45, 7) is 4.07. The Morgan fingerprint density at radius 2 is 0.500 bits per heavy atom. The molecule has 0 aliphatic heterocycles. The molecule has 5 heteroatoms. The van der Waals surface area contributed by atoms with Crippen molar-refractivity contribution in [3.63, 3.8) is 0 Å². The zero-order valence-electron chi connectivity index (χ0n) is 57.6. The van der Waals surface area contributed by atoms with E-state index in [0.717, 1.165) is 77.0 Å². The molecule has 1 unspecified atom stereocenters. The minimum Gasteiger partial charge on any atom is -0.462 e. The maximum Gasteiger partial charge on any atom is 0.306 e.